The predicted molar refractivity (Wildman–Crippen MR) is 102 cm³/mol. The van der Waals surface area contributed by atoms with Crippen molar-refractivity contribution in [2.75, 3.05) is 11.9 Å². The number of anilines is 1. The summed E-state index contributed by atoms with van der Waals surface area (Å²) in [5.41, 5.74) is 2.13. The van der Waals surface area contributed by atoms with Crippen molar-refractivity contribution in [3.8, 4) is 5.75 Å². The summed E-state index contributed by atoms with van der Waals surface area (Å²) >= 11 is 14.1. The minimum atomic E-state index is 0.634. The van der Waals surface area contributed by atoms with E-state index in [1.165, 1.54) is 0 Å². The predicted octanol–water partition coefficient (Wildman–Crippen LogP) is 6.75. The molecule has 0 aromatic heterocycles. The van der Waals surface area contributed by atoms with Gasteiger partial charge < -0.3 is 10.1 Å². The van der Waals surface area contributed by atoms with Crippen LogP contribution < -0.4 is 10.1 Å². The Morgan fingerprint density at radius 3 is 2.33 bits per heavy atom. The number of halogens is 4. The second-order valence-corrected chi connectivity index (χ2v) is 7.83. The largest absolute Gasteiger partial charge is 0.492 e. The summed E-state index contributed by atoms with van der Waals surface area (Å²) in [7, 11) is 0. The zero-order valence-electron chi connectivity index (χ0n) is 11.2. The van der Waals surface area contributed by atoms with Gasteiger partial charge in [-0.15, -0.1) is 0 Å². The first kappa shape index (κ1) is 17.3. The van der Waals surface area contributed by atoms with Crippen molar-refractivity contribution in [1.82, 2.24) is 0 Å². The van der Waals surface area contributed by atoms with Crippen molar-refractivity contribution in [3.05, 3.63) is 53.8 Å². The van der Waals surface area contributed by atoms with Crippen LogP contribution >= 0.6 is 63.7 Å². The van der Waals surface area contributed by atoms with E-state index in [1.54, 1.807) is 0 Å². The van der Waals surface area contributed by atoms with Crippen LogP contribution in [0.15, 0.2) is 48.2 Å². The Bertz CT molecular complexity index is 646. The van der Waals surface area contributed by atoms with E-state index in [4.69, 9.17) is 4.74 Å². The van der Waals surface area contributed by atoms with Gasteiger partial charge in [0, 0.05) is 31.2 Å². The van der Waals surface area contributed by atoms with Crippen LogP contribution in [0.5, 0.6) is 5.75 Å². The number of benzene rings is 2. The minimum absolute atomic E-state index is 0.634. The fourth-order valence-electron chi connectivity index (χ4n) is 1.87. The molecule has 0 bridgehead atoms. The summed E-state index contributed by atoms with van der Waals surface area (Å²) in [6.45, 7) is 3.29. The second kappa shape index (κ2) is 7.99. The van der Waals surface area contributed by atoms with Crippen molar-refractivity contribution < 1.29 is 4.74 Å². The van der Waals surface area contributed by atoms with Gasteiger partial charge in [0.15, 0.2) is 0 Å². The monoisotopic (exact) mass is 539 g/mol. The Kier molecular flexibility index (Phi) is 6.59. The van der Waals surface area contributed by atoms with Crippen LogP contribution in [0.2, 0.25) is 0 Å². The first-order valence-electron chi connectivity index (χ1n) is 6.31. The first-order chi connectivity index (χ1) is 10.0. The highest BCUT2D eigenvalue weighted by atomic mass is 79.9. The Labute approximate surface area is 158 Å². The highest BCUT2D eigenvalue weighted by molar-refractivity contribution is 9.11. The number of nitrogens with one attached hydrogen (secondary N) is 1. The third-order valence-electron chi connectivity index (χ3n) is 2.77. The molecular weight excluding hydrogens is 530 g/mol. The Morgan fingerprint density at radius 1 is 0.952 bits per heavy atom. The third-order valence-corrected chi connectivity index (χ3v) is 4.97. The maximum Gasteiger partial charge on any atom is 0.138 e. The summed E-state index contributed by atoms with van der Waals surface area (Å²) in [6, 6.07) is 10.1. The van der Waals surface area contributed by atoms with Crippen LogP contribution in [0, 0.1) is 0 Å². The molecule has 0 saturated heterocycles. The van der Waals surface area contributed by atoms with Gasteiger partial charge in [0.25, 0.3) is 0 Å². The molecule has 0 unspecified atom stereocenters. The molecule has 21 heavy (non-hydrogen) atoms. The smallest absolute Gasteiger partial charge is 0.138 e. The normalized spacial score (nSPS) is 10.5. The third kappa shape index (κ3) is 4.71. The average molecular weight is 543 g/mol. The molecule has 0 aliphatic carbocycles. The molecule has 0 aliphatic rings. The van der Waals surface area contributed by atoms with Gasteiger partial charge in [-0.25, -0.2) is 0 Å². The number of hydrogen-bond donors (Lipinski definition) is 1. The highest BCUT2D eigenvalue weighted by Gasteiger charge is 2.10. The van der Waals surface area contributed by atoms with Gasteiger partial charge in [-0.05, 0) is 69.1 Å². The zero-order valence-corrected chi connectivity index (χ0v) is 17.6. The van der Waals surface area contributed by atoms with E-state index in [9.17, 15) is 0 Å². The Balaban J connectivity index is 2.22. The van der Waals surface area contributed by atoms with E-state index < -0.39 is 0 Å². The fraction of sp³-hybridized carbons (Fsp3) is 0.200. The lowest BCUT2D eigenvalue weighted by Gasteiger charge is -2.15. The van der Waals surface area contributed by atoms with Gasteiger partial charge in [0.05, 0.1) is 11.1 Å². The molecule has 2 aromatic carbocycles. The van der Waals surface area contributed by atoms with Crippen LogP contribution in [0.25, 0.3) is 0 Å². The molecule has 0 saturated carbocycles. The molecule has 0 radical (unpaired) electrons. The maximum absolute atomic E-state index is 5.73. The van der Waals surface area contributed by atoms with E-state index in [2.05, 4.69) is 75.1 Å². The summed E-state index contributed by atoms with van der Waals surface area (Å²) in [5, 5.41) is 3.42. The molecule has 0 heterocycles. The van der Waals surface area contributed by atoms with E-state index in [0.29, 0.717) is 13.2 Å². The zero-order chi connectivity index (χ0) is 15.4. The Morgan fingerprint density at radius 2 is 1.67 bits per heavy atom. The lowest BCUT2D eigenvalue weighted by molar-refractivity contribution is 0.334. The first-order valence-corrected chi connectivity index (χ1v) is 9.48. The van der Waals surface area contributed by atoms with E-state index in [0.717, 1.165) is 34.9 Å². The highest BCUT2D eigenvalue weighted by Crippen LogP contribution is 2.34. The molecule has 0 amide bonds. The van der Waals surface area contributed by atoms with Crippen LogP contribution in [0.1, 0.15) is 12.5 Å². The maximum atomic E-state index is 5.73. The fourth-order valence-corrected chi connectivity index (χ4v) is 4.49. The molecule has 2 nitrogen and oxygen atoms in total. The molecule has 2 aromatic rings. The molecule has 0 aliphatic heterocycles. The van der Waals surface area contributed by atoms with Gasteiger partial charge in [0.2, 0.25) is 0 Å². The molecule has 112 valence electrons. The second-order valence-electron chi connectivity index (χ2n) is 4.29. The van der Waals surface area contributed by atoms with Crippen LogP contribution in [0.4, 0.5) is 5.69 Å². The standard InChI is InChI=1S/C15H13Br4NO/c1-2-21-15-9(5-11(17)7-13(15)19)8-20-14-4-3-10(16)6-12(14)18/h3-7,20H,2,8H2,1H3. The Hall–Kier alpha value is -0.0400. The lowest BCUT2D eigenvalue weighted by Crippen LogP contribution is -2.04. The van der Waals surface area contributed by atoms with Crippen LogP contribution in [-0.2, 0) is 6.54 Å². The number of ether oxygens (including phenoxy) is 1. The summed E-state index contributed by atoms with van der Waals surface area (Å²) in [6.07, 6.45) is 0. The van der Waals surface area contributed by atoms with Crippen molar-refractivity contribution in [2.45, 2.75) is 13.5 Å². The number of rotatable bonds is 5. The van der Waals surface area contributed by atoms with Crippen molar-refractivity contribution in [3.63, 3.8) is 0 Å². The topological polar surface area (TPSA) is 21.3 Å². The van der Waals surface area contributed by atoms with Crippen molar-refractivity contribution in [2.24, 2.45) is 0 Å². The molecule has 0 spiro atoms. The minimum Gasteiger partial charge on any atom is -0.492 e. The van der Waals surface area contributed by atoms with Crippen molar-refractivity contribution in [1.29, 1.82) is 0 Å². The molecule has 1 N–H and O–H groups in total. The van der Waals surface area contributed by atoms with Crippen LogP contribution in [0.3, 0.4) is 0 Å². The molecule has 2 rings (SSSR count). The van der Waals surface area contributed by atoms with E-state index in [1.807, 2.05) is 31.2 Å². The number of hydrogen-bond acceptors (Lipinski definition) is 2. The molecule has 0 fully saturated rings. The van der Waals surface area contributed by atoms with Crippen molar-refractivity contribution >= 4 is 69.4 Å². The molecule has 6 heteroatoms. The summed E-state index contributed by atoms with van der Waals surface area (Å²) < 4.78 is 9.76. The van der Waals surface area contributed by atoms with E-state index in [-0.39, 0.29) is 0 Å². The van der Waals surface area contributed by atoms with Gasteiger partial charge in [-0.3, -0.25) is 0 Å². The quantitative estimate of drug-likeness (QED) is 0.451. The lowest BCUT2D eigenvalue weighted by atomic mass is 10.2. The van der Waals surface area contributed by atoms with Gasteiger partial charge in [-0.2, -0.15) is 0 Å². The van der Waals surface area contributed by atoms with Gasteiger partial charge >= 0.3 is 0 Å². The van der Waals surface area contributed by atoms with Crippen LogP contribution in [-0.4, -0.2) is 6.61 Å². The SMILES string of the molecule is CCOc1c(Br)cc(Br)cc1CNc1ccc(Br)cc1Br. The summed E-state index contributed by atoms with van der Waals surface area (Å²) in [4.78, 5) is 0. The van der Waals surface area contributed by atoms with Gasteiger partial charge in [0.1, 0.15) is 5.75 Å². The molecular formula is C15H13Br4NO. The summed E-state index contributed by atoms with van der Waals surface area (Å²) in [5.74, 6) is 0.876. The van der Waals surface area contributed by atoms with E-state index >= 15 is 0 Å². The molecule has 0 atom stereocenters. The average Bonchev–Trinajstić information content (AvgIpc) is 2.41. The van der Waals surface area contributed by atoms with Gasteiger partial charge in [-0.1, -0.05) is 31.9 Å².